The van der Waals surface area contributed by atoms with E-state index in [1.807, 2.05) is 38.1 Å². The fraction of sp³-hybridized carbons (Fsp3) is 0.154. The summed E-state index contributed by atoms with van der Waals surface area (Å²) < 4.78 is 5.13. The highest BCUT2D eigenvalue weighted by Gasteiger charge is 1.93. The molecule has 0 amide bonds. The third-order valence-electron chi connectivity index (χ3n) is 1.93. The number of furan rings is 1. The minimum atomic E-state index is 0.683. The summed E-state index contributed by atoms with van der Waals surface area (Å²) in [6.07, 6.45) is 1.62. The summed E-state index contributed by atoms with van der Waals surface area (Å²) in [5.41, 5.74) is 2.94. The molecule has 2 aromatic heterocycles. The smallest absolute Gasteiger partial charge is 0.176 e. The van der Waals surface area contributed by atoms with Crippen molar-refractivity contribution < 1.29 is 4.42 Å². The minimum Gasteiger partial charge on any atom is -0.456 e. The van der Waals surface area contributed by atoms with Crippen LogP contribution in [0, 0.1) is 25.7 Å². The first kappa shape index (κ1) is 9.54. The van der Waals surface area contributed by atoms with E-state index in [-0.39, 0.29) is 0 Å². The lowest BCUT2D eigenvalue weighted by Crippen LogP contribution is -1.87. The number of pyridine rings is 1. The van der Waals surface area contributed by atoms with Gasteiger partial charge in [-0.3, -0.25) is 4.98 Å². The lowest BCUT2D eigenvalue weighted by Gasteiger charge is -1.96. The van der Waals surface area contributed by atoms with Gasteiger partial charge in [-0.25, -0.2) is 0 Å². The highest BCUT2D eigenvalue weighted by molar-refractivity contribution is 5.40. The summed E-state index contributed by atoms with van der Waals surface area (Å²) in [6, 6.07) is 7.59. The minimum absolute atomic E-state index is 0.683. The van der Waals surface area contributed by atoms with Gasteiger partial charge in [-0.2, -0.15) is 0 Å². The van der Waals surface area contributed by atoms with Crippen molar-refractivity contribution in [2.75, 3.05) is 0 Å². The summed E-state index contributed by atoms with van der Waals surface area (Å²) in [5, 5.41) is 0. The van der Waals surface area contributed by atoms with Gasteiger partial charge in [0.25, 0.3) is 0 Å². The summed E-state index contributed by atoms with van der Waals surface area (Å²) in [7, 11) is 0. The second-order valence-corrected chi connectivity index (χ2v) is 3.37. The molecule has 2 heterocycles. The molecule has 0 radical (unpaired) electrons. The zero-order valence-electron chi connectivity index (χ0n) is 8.74. The molecule has 0 aliphatic rings. The summed E-state index contributed by atoms with van der Waals surface area (Å²) >= 11 is 0. The van der Waals surface area contributed by atoms with Crippen LogP contribution in [0.3, 0.4) is 0 Å². The van der Waals surface area contributed by atoms with Crippen LogP contribution in [0.5, 0.6) is 0 Å². The average Bonchev–Trinajstić information content (AvgIpc) is 2.65. The van der Waals surface area contributed by atoms with E-state index in [1.165, 1.54) is 0 Å². The van der Waals surface area contributed by atoms with E-state index in [4.69, 9.17) is 4.42 Å². The summed E-state index contributed by atoms with van der Waals surface area (Å²) in [5.74, 6) is 6.68. The maximum absolute atomic E-state index is 5.13. The zero-order chi connectivity index (χ0) is 10.7. The fourth-order valence-corrected chi connectivity index (χ4v) is 1.39. The van der Waals surface area contributed by atoms with E-state index in [9.17, 15) is 0 Å². The Morgan fingerprint density at radius 1 is 1.13 bits per heavy atom. The highest BCUT2D eigenvalue weighted by atomic mass is 16.3. The predicted molar refractivity (Wildman–Crippen MR) is 58.4 cm³/mol. The van der Waals surface area contributed by atoms with Crippen molar-refractivity contribution in [2.45, 2.75) is 13.8 Å². The maximum Gasteiger partial charge on any atom is 0.176 e. The van der Waals surface area contributed by atoms with E-state index >= 15 is 0 Å². The quantitative estimate of drug-likeness (QED) is 0.607. The zero-order valence-corrected chi connectivity index (χ0v) is 8.74. The van der Waals surface area contributed by atoms with Gasteiger partial charge >= 0.3 is 0 Å². The van der Waals surface area contributed by atoms with Crippen LogP contribution in [0.2, 0.25) is 0 Å². The first-order valence-electron chi connectivity index (χ1n) is 4.75. The summed E-state index contributed by atoms with van der Waals surface area (Å²) in [4.78, 5) is 4.29. The maximum atomic E-state index is 5.13. The Morgan fingerprint density at radius 3 is 2.47 bits per heavy atom. The van der Waals surface area contributed by atoms with Crippen LogP contribution in [-0.2, 0) is 0 Å². The molecule has 0 fully saturated rings. The molecule has 74 valence electrons. The van der Waals surface area contributed by atoms with Gasteiger partial charge in [0, 0.05) is 17.0 Å². The van der Waals surface area contributed by atoms with E-state index in [0.717, 1.165) is 17.0 Å². The molecule has 0 aliphatic heterocycles. The Hall–Kier alpha value is -2.01. The molecule has 2 nitrogen and oxygen atoms in total. The monoisotopic (exact) mass is 197 g/mol. The van der Waals surface area contributed by atoms with Crippen molar-refractivity contribution in [3.63, 3.8) is 0 Å². The van der Waals surface area contributed by atoms with E-state index in [2.05, 4.69) is 16.8 Å². The number of rotatable bonds is 0. The van der Waals surface area contributed by atoms with Gasteiger partial charge in [-0.05, 0) is 44.0 Å². The third-order valence-corrected chi connectivity index (χ3v) is 1.93. The first-order valence-corrected chi connectivity index (χ1v) is 4.75. The molecule has 2 rings (SSSR count). The molecule has 15 heavy (non-hydrogen) atoms. The summed E-state index contributed by atoms with van der Waals surface area (Å²) in [6.45, 7) is 3.93. The van der Waals surface area contributed by atoms with E-state index < -0.39 is 0 Å². The molecule has 0 bridgehead atoms. The van der Waals surface area contributed by atoms with Crippen molar-refractivity contribution >= 4 is 0 Å². The Kier molecular flexibility index (Phi) is 2.55. The van der Waals surface area contributed by atoms with Crippen LogP contribution in [0.1, 0.15) is 22.7 Å². The standard InChI is InChI=1S/C13H11NO/c1-10-8-12(9-11(2)14-10)5-6-13-4-3-7-15-13/h3-4,7-9H,1-2H3. The SMILES string of the molecule is Cc1cc(C#Cc2ccco2)cc(C)n1. The molecule has 0 spiro atoms. The molecule has 0 aromatic carbocycles. The Morgan fingerprint density at radius 2 is 1.87 bits per heavy atom. The molecule has 0 aliphatic carbocycles. The van der Waals surface area contributed by atoms with Gasteiger partial charge in [-0.1, -0.05) is 5.92 Å². The van der Waals surface area contributed by atoms with Gasteiger partial charge in [-0.15, -0.1) is 0 Å². The Bertz CT molecular complexity index is 495. The molecule has 0 saturated heterocycles. The topological polar surface area (TPSA) is 26.0 Å². The van der Waals surface area contributed by atoms with E-state index in [0.29, 0.717) is 5.76 Å². The van der Waals surface area contributed by atoms with Crippen LogP contribution < -0.4 is 0 Å². The van der Waals surface area contributed by atoms with Gasteiger partial charge in [0.1, 0.15) is 0 Å². The molecule has 0 saturated carbocycles. The molecule has 2 aromatic rings. The number of hydrogen-bond acceptors (Lipinski definition) is 2. The Balaban J connectivity index is 2.31. The van der Waals surface area contributed by atoms with Crippen LogP contribution in [0.25, 0.3) is 0 Å². The lowest BCUT2D eigenvalue weighted by molar-refractivity contribution is 0.554. The van der Waals surface area contributed by atoms with Gasteiger partial charge in [0.05, 0.1) is 6.26 Å². The molecule has 0 unspecified atom stereocenters. The van der Waals surface area contributed by atoms with E-state index in [1.54, 1.807) is 6.26 Å². The molecular formula is C13H11NO. The second kappa shape index (κ2) is 4.02. The number of nitrogens with zero attached hydrogens (tertiary/aromatic N) is 1. The third kappa shape index (κ3) is 2.47. The first-order chi connectivity index (χ1) is 7.24. The fourth-order valence-electron chi connectivity index (χ4n) is 1.39. The number of aryl methyl sites for hydroxylation is 2. The van der Waals surface area contributed by atoms with Crippen LogP contribution in [-0.4, -0.2) is 4.98 Å². The second-order valence-electron chi connectivity index (χ2n) is 3.37. The molecule has 0 atom stereocenters. The lowest BCUT2D eigenvalue weighted by atomic mass is 10.2. The highest BCUT2D eigenvalue weighted by Crippen LogP contribution is 2.04. The molecule has 2 heteroatoms. The number of hydrogen-bond donors (Lipinski definition) is 0. The molecule has 0 N–H and O–H groups in total. The average molecular weight is 197 g/mol. The van der Waals surface area contributed by atoms with Crippen LogP contribution >= 0.6 is 0 Å². The van der Waals surface area contributed by atoms with Crippen molar-refractivity contribution in [2.24, 2.45) is 0 Å². The van der Waals surface area contributed by atoms with Gasteiger partial charge in [0.15, 0.2) is 5.76 Å². The van der Waals surface area contributed by atoms with Crippen molar-refractivity contribution in [3.8, 4) is 11.8 Å². The Labute approximate surface area is 89.0 Å². The number of aromatic nitrogens is 1. The van der Waals surface area contributed by atoms with Crippen molar-refractivity contribution in [3.05, 3.63) is 53.2 Å². The van der Waals surface area contributed by atoms with Crippen LogP contribution in [0.15, 0.2) is 34.9 Å². The van der Waals surface area contributed by atoms with Gasteiger partial charge in [0.2, 0.25) is 0 Å². The largest absolute Gasteiger partial charge is 0.456 e. The van der Waals surface area contributed by atoms with Crippen LogP contribution in [0.4, 0.5) is 0 Å². The predicted octanol–water partition coefficient (Wildman–Crippen LogP) is 2.69. The van der Waals surface area contributed by atoms with Crippen molar-refractivity contribution in [1.29, 1.82) is 0 Å². The molecular weight excluding hydrogens is 186 g/mol. The normalized spacial score (nSPS) is 9.47. The van der Waals surface area contributed by atoms with Gasteiger partial charge < -0.3 is 4.42 Å². The van der Waals surface area contributed by atoms with Crippen molar-refractivity contribution in [1.82, 2.24) is 4.98 Å².